The summed E-state index contributed by atoms with van der Waals surface area (Å²) >= 11 is 4.72. The van der Waals surface area contributed by atoms with Gasteiger partial charge in [-0.2, -0.15) is 22.0 Å². The highest BCUT2D eigenvalue weighted by molar-refractivity contribution is 6.22. The van der Waals surface area contributed by atoms with Crippen molar-refractivity contribution in [2.75, 3.05) is 14.2 Å². The maximum absolute atomic E-state index is 13.2. The Hall–Kier alpha value is -1.64. The van der Waals surface area contributed by atoms with Crippen molar-refractivity contribution < 1.29 is 36.2 Å². The van der Waals surface area contributed by atoms with E-state index in [4.69, 9.17) is 11.6 Å². The topological polar surface area (TPSA) is 48.4 Å². The first-order valence-electron chi connectivity index (χ1n) is 4.84. The summed E-state index contributed by atoms with van der Waals surface area (Å²) < 4.78 is 73.3. The lowest BCUT2D eigenvalue weighted by Gasteiger charge is -2.18. The molecule has 0 atom stereocenters. The molecule has 0 aromatic carbocycles. The number of halogens is 6. The summed E-state index contributed by atoms with van der Waals surface area (Å²) in [7, 11) is 1.67. The summed E-state index contributed by atoms with van der Waals surface area (Å²) in [4.78, 5) is 14.3. The van der Waals surface area contributed by atoms with Gasteiger partial charge in [-0.05, 0) is 11.6 Å². The fraction of sp³-hybridized carbons (Fsp3) is 0.400. The Morgan fingerprint density at radius 2 is 1.80 bits per heavy atom. The second-order valence-electron chi connectivity index (χ2n) is 3.42. The second kappa shape index (κ2) is 5.39. The van der Waals surface area contributed by atoms with Crippen LogP contribution in [0, 0.1) is 0 Å². The van der Waals surface area contributed by atoms with E-state index in [2.05, 4.69) is 14.5 Å². The normalized spacial score (nSPS) is 12.2. The molecule has 1 aromatic heterocycles. The van der Waals surface area contributed by atoms with Gasteiger partial charge in [-0.15, -0.1) is 0 Å². The lowest BCUT2D eigenvalue weighted by atomic mass is 10.1. The molecule has 0 aliphatic heterocycles. The monoisotopic (exact) mass is 319 g/mol. The van der Waals surface area contributed by atoms with Crippen LogP contribution in [0.2, 0.25) is 0 Å². The second-order valence-corrected chi connectivity index (χ2v) is 3.90. The van der Waals surface area contributed by atoms with Crippen molar-refractivity contribution in [1.82, 2.24) is 4.98 Å². The summed E-state index contributed by atoms with van der Waals surface area (Å²) in [5, 5.41) is -4.24. The van der Waals surface area contributed by atoms with E-state index in [-0.39, 0.29) is 0 Å². The van der Waals surface area contributed by atoms with Crippen molar-refractivity contribution in [1.29, 1.82) is 0 Å². The van der Waals surface area contributed by atoms with Crippen LogP contribution in [-0.4, -0.2) is 25.2 Å². The average molecular weight is 320 g/mol. The minimum absolute atomic E-state index is 0.439. The maximum Gasteiger partial charge on any atom is 0.434 e. The predicted octanol–water partition coefficient (Wildman–Crippen LogP) is 3.18. The molecule has 1 aromatic rings. The van der Waals surface area contributed by atoms with Crippen LogP contribution in [0.25, 0.3) is 0 Å². The van der Waals surface area contributed by atoms with Crippen molar-refractivity contribution in [2.45, 2.75) is 11.6 Å². The Kier molecular flexibility index (Phi) is 4.42. The van der Waals surface area contributed by atoms with Gasteiger partial charge in [-0.1, -0.05) is 0 Å². The molecule has 20 heavy (non-hydrogen) atoms. The molecule has 0 N–H and O–H groups in total. The van der Waals surface area contributed by atoms with E-state index in [0.717, 1.165) is 14.2 Å². The summed E-state index contributed by atoms with van der Waals surface area (Å²) in [5.41, 5.74) is -4.72. The van der Waals surface area contributed by atoms with E-state index in [1.165, 1.54) is 0 Å². The number of hydrogen-bond acceptors (Lipinski definition) is 4. The first-order valence-corrected chi connectivity index (χ1v) is 5.22. The Morgan fingerprint density at radius 1 is 1.25 bits per heavy atom. The van der Waals surface area contributed by atoms with E-state index in [9.17, 15) is 26.7 Å². The molecule has 0 bridgehead atoms. The number of pyridine rings is 1. The van der Waals surface area contributed by atoms with Crippen LogP contribution >= 0.6 is 11.6 Å². The third-order valence-corrected chi connectivity index (χ3v) is 2.37. The molecule has 0 aliphatic carbocycles. The zero-order valence-electron chi connectivity index (χ0n) is 10.0. The van der Waals surface area contributed by atoms with E-state index in [1.807, 2.05) is 0 Å². The van der Waals surface area contributed by atoms with E-state index < -0.39 is 40.2 Å². The van der Waals surface area contributed by atoms with Crippen molar-refractivity contribution in [2.24, 2.45) is 0 Å². The van der Waals surface area contributed by atoms with Crippen molar-refractivity contribution in [3.63, 3.8) is 0 Å². The van der Waals surface area contributed by atoms with Gasteiger partial charge in [-0.3, -0.25) is 0 Å². The molecule has 0 amide bonds. The summed E-state index contributed by atoms with van der Waals surface area (Å²) in [6.45, 7) is 0. The first-order chi connectivity index (χ1) is 9.02. The zero-order valence-corrected chi connectivity index (χ0v) is 10.8. The number of carbonyl (C=O) groups is 1. The molecule has 10 heteroatoms. The number of hydrogen-bond donors (Lipinski definition) is 0. The number of aromatic nitrogens is 1. The largest absolute Gasteiger partial charge is 0.481 e. The number of carbonyl (C=O) groups excluding carboxylic acids is 1. The van der Waals surface area contributed by atoms with E-state index in [0.29, 0.717) is 6.07 Å². The Bertz CT molecular complexity index is 492. The molecule has 0 spiro atoms. The molecular formula is C10H7ClF5NO3. The highest BCUT2D eigenvalue weighted by Gasteiger charge is 2.44. The highest BCUT2D eigenvalue weighted by Crippen LogP contribution is 2.41. The number of nitrogens with zero attached hydrogens (tertiary/aromatic N) is 1. The quantitative estimate of drug-likeness (QED) is 0.488. The molecule has 1 rings (SSSR count). The van der Waals surface area contributed by atoms with Crippen LogP contribution in [0.1, 0.15) is 21.6 Å². The predicted molar refractivity (Wildman–Crippen MR) is 56.9 cm³/mol. The average Bonchev–Trinajstić information content (AvgIpc) is 2.34. The van der Waals surface area contributed by atoms with Gasteiger partial charge in [0.25, 0.3) is 0 Å². The van der Waals surface area contributed by atoms with Crippen molar-refractivity contribution >= 4 is 17.6 Å². The molecule has 0 radical (unpaired) electrons. The lowest BCUT2D eigenvalue weighted by Crippen LogP contribution is -2.22. The number of ether oxygens (including phenoxy) is 2. The first kappa shape index (κ1) is 16.4. The molecular weight excluding hydrogens is 313 g/mol. The van der Waals surface area contributed by atoms with Gasteiger partial charge < -0.3 is 9.47 Å². The molecule has 0 unspecified atom stereocenters. The Labute approximate surface area is 114 Å². The summed E-state index contributed by atoms with van der Waals surface area (Å²) in [6.07, 6.45) is -5.17. The van der Waals surface area contributed by atoms with E-state index in [1.54, 1.807) is 0 Å². The van der Waals surface area contributed by atoms with Crippen LogP contribution in [0.15, 0.2) is 6.07 Å². The molecule has 0 aliphatic rings. The van der Waals surface area contributed by atoms with Gasteiger partial charge in [0, 0.05) is 6.07 Å². The SMILES string of the molecule is COC(=O)c1c(C(F)(F)Cl)cc(OC)nc1C(F)(F)F. The van der Waals surface area contributed by atoms with Crippen molar-refractivity contribution in [3.8, 4) is 5.88 Å². The molecule has 4 nitrogen and oxygen atoms in total. The highest BCUT2D eigenvalue weighted by atomic mass is 35.5. The third-order valence-electron chi connectivity index (χ3n) is 2.17. The van der Waals surface area contributed by atoms with Crippen LogP contribution in [0.5, 0.6) is 5.88 Å². The van der Waals surface area contributed by atoms with Gasteiger partial charge in [0.2, 0.25) is 5.88 Å². The lowest BCUT2D eigenvalue weighted by molar-refractivity contribution is -0.142. The van der Waals surface area contributed by atoms with Gasteiger partial charge in [0.15, 0.2) is 5.69 Å². The standard InChI is InChI=1S/C10H7ClF5NO3/c1-19-5-3-4(9(11,12)13)6(8(18)20-2)7(17-5)10(14,15)16/h3H,1-2H3. The minimum Gasteiger partial charge on any atom is -0.481 e. The zero-order chi connectivity index (χ0) is 15.7. The van der Waals surface area contributed by atoms with Crippen LogP contribution < -0.4 is 4.74 Å². The van der Waals surface area contributed by atoms with Gasteiger partial charge in [0.05, 0.1) is 19.8 Å². The third kappa shape index (κ3) is 3.27. The fourth-order valence-electron chi connectivity index (χ4n) is 1.36. The minimum atomic E-state index is -5.17. The van der Waals surface area contributed by atoms with E-state index >= 15 is 0 Å². The van der Waals surface area contributed by atoms with Crippen LogP contribution in [-0.2, 0) is 16.3 Å². The smallest absolute Gasteiger partial charge is 0.434 e. The number of esters is 1. The number of alkyl halides is 6. The summed E-state index contributed by atoms with van der Waals surface area (Å²) in [6, 6.07) is 0.439. The summed E-state index contributed by atoms with van der Waals surface area (Å²) in [5.74, 6) is -2.40. The van der Waals surface area contributed by atoms with Gasteiger partial charge in [-0.25, -0.2) is 9.78 Å². The van der Waals surface area contributed by atoms with Crippen molar-refractivity contribution in [3.05, 3.63) is 22.9 Å². The Balaban J connectivity index is 3.77. The van der Waals surface area contributed by atoms with Crippen LogP contribution in [0.3, 0.4) is 0 Å². The number of rotatable bonds is 3. The fourth-order valence-corrected chi connectivity index (χ4v) is 1.51. The molecule has 0 fully saturated rings. The van der Waals surface area contributed by atoms with Gasteiger partial charge >= 0.3 is 17.5 Å². The van der Waals surface area contributed by atoms with Crippen LogP contribution in [0.4, 0.5) is 22.0 Å². The molecule has 1 heterocycles. The molecule has 0 saturated carbocycles. The maximum atomic E-state index is 13.2. The van der Waals surface area contributed by atoms with Gasteiger partial charge in [0.1, 0.15) is 5.56 Å². The Morgan fingerprint density at radius 3 is 2.15 bits per heavy atom. The number of methoxy groups -OCH3 is 2. The molecule has 0 saturated heterocycles. The molecule has 112 valence electrons.